The molecule has 1 aromatic carbocycles. The first-order chi connectivity index (χ1) is 10.6. The summed E-state index contributed by atoms with van der Waals surface area (Å²) >= 11 is 0. The van der Waals surface area contributed by atoms with Crippen molar-refractivity contribution in [1.29, 1.82) is 0 Å². The van der Waals surface area contributed by atoms with Gasteiger partial charge in [-0.05, 0) is 37.5 Å². The molecule has 116 valence electrons. The molecule has 1 fully saturated rings. The zero-order chi connectivity index (χ0) is 15.7. The van der Waals surface area contributed by atoms with Crippen molar-refractivity contribution in [2.24, 2.45) is 0 Å². The van der Waals surface area contributed by atoms with E-state index in [2.05, 4.69) is 4.98 Å². The van der Waals surface area contributed by atoms with Crippen molar-refractivity contribution in [3.8, 4) is 5.75 Å². The number of oxazole rings is 1. The molecule has 1 unspecified atom stereocenters. The highest BCUT2D eigenvalue weighted by Crippen LogP contribution is 2.34. The van der Waals surface area contributed by atoms with Crippen molar-refractivity contribution in [1.82, 2.24) is 9.88 Å². The van der Waals surface area contributed by atoms with Crippen molar-refractivity contribution in [2.75, 3.05) is 13.7 Å². The summed E-state index contributed by atoms with van der Waals surface area (Å²) in [5.41, 5.74) is 1.52. The lowest BCUT2D eigenvalue weighted by molar-refractivity contribution is 0.0728. The minimum Gasteiger partial charge on any atom is -0.497 e. The third-order valence-corrected chi connectivity index (χ3v) is 4.10. The predicted octanol–water partition coefficient (Wildman–Crippen LogP) is 3.28. The Morgan fingerprint density at radius 3 is 2.91 bits per heavy atom. The molecule has 22 heavy (non-hydrogen) atoms. The fourth-order valence-corrected chi connectivity index (χ4v) is 3.07. The van der Waals surface area contributed by atoms with Gasteiger partial charge in [-0.1, -0.05) is 12.1 Å². The zero-order valence-electron chi connectivity index (χ0n) is 13.1. The second-order valence-electron chi connectivity index (χ2n) is 5.57. The zero-order valence-corrected chi connectivity index (χ0v) is 13.1. The number of carbonyl (C=O) groups is 1. The van der Waals surface area contributed by atoms with E-state index in [0.29, 0.717) is 17.3 Å². The molecule has 3 rings (SSSR count). The number of rotatable bonds is 3. The number of likely N-dealkylation sites (tertiary alicyclic amines) is 1. The average Bonchev–Trinajstić information content (AvgIpc) is 3.13. The number of hydrogen-bond acceptors (Lipinski definition) is 4. The molecular formula is C17H20N2O3. The molecule has 0 spiro atoms. The molecule has 2 heterocycles. The molecule has 0 radical (unpaired) electrons. The van der Waals surface area contributed by atoms with Crippen LogP contribution in [0.1, 0.15) is 46.6 Å². The van der Waals surface area contributed by atoms with Gasteiger partial charge in [0.1, 0.15) is 11.5 Å². The van der Waals surface area contributed by atoms with Crippen LogP contribution in [0.25, 0.3) is 0 Å². The summed E-state index contributed by atoms with van der Waals surface area (Å²) in [7, 11) is 1.65. The molecule has 0 aliphatic carbocycles. The summed E-state index contributed by atoms with van der Waals surface area (Å²) in [6.45, 7) is 4.28. The largest absolute Gasteiger partial charge is 0.497 e. The maximum Gasteiger partial charge on any atom is 0.276 e. The molecule has 0 bridgehead atoms. The van der Waals surface area contributed by atoms with Crippen molar-refractivity contribution < 1.29 is 13.9 Å². The molecule has 1 aliphatic heterocycles. The van der Waals surface area contributed by atoms with Gasteiger partial charge in [0.25, 0.3) is 5.91 Å². The van der Waals surface area contributed by atoms with Crippen LogP contribution in [-0.4, -0.2) is 29.4 Å². The Morgan fingerprint density at radius 2 is 2.23 bits per heavy atom. The van der Waals surface area contributed by atoms with Crippen molar-refractivity contribution >= 4 is 5.91 Å². The number of carbonyl (C=O) groups excluding carboxylic acids is 1. The number of aromatic nitrogens is 1. The van der Waals surface area contributed by atoms with Gasteiger partial charge in [-0.15, -0.1) is 0 Å². The Hall–Kier alpha value is -2.30. The number of hydrogen-bond donors (Lipinski definition) is 0. The van der Waals surface area contributed by atoms with Gasteiger partial charge >= 0.3 is 0 Å². The quantitative estimate of drug-likeness (QED) is 0.873. The minimum absolute atomic E-state index is 0.0559. The van der Waals surface area contributed by atoms with Crippen molar-refractivity contribution in [3.63, 3.8) is 0 Å². The lowest BCUT2D eigenvalue weighted by atomic mass is 10.0. The molecule has 5 nitrogen and oxygen atoms in total. The number of methoxy groups -OCH3 is 1. The molecular weight excluding hydrogens is 280 g/mol. The van der Waals surface area contributed by atoms with Gasteiger partial charge in [0.15, 0.2) is 11.6 Å². The second-order valence-corrected chi connectivity index (χ2v) is 5.57. The van der Waals surface area contributed by atoms with Crippen LogP contribution in [0.5, 0.6) is 5.75 Å². The van der Waals surface area contributed by atoms with Crippen molar-refractivity contribution in [3.05, 3.63) is 47.2 Å². The molecule has 2 aromatic rings. The van der Waals surface area contributed by atoms with Crippen LogP contribution in [0.15, 0.2) is 28.7 Å². The Bertz CT molecular complexity index is 693. The number of ether oxygens (including phenoxy) is 1. The third-order valence-electron chi connectivity index (χ3n) is 4.10. The van der Waals surface area contributed by atoms with E-state index in [9.17, 15) is 4.79 Å². The van der Waals surface area contributed by atoms with E-state index in [0.717, 1.165) is 30.7 Å². The normalized spacial score (nSPS) is 17.8. The van der Waals surface area contributed by atoms with E-state index >= 15 is 0 Å². The fourth-order valence-electron chi connectivity index (χ4n) is 3.07. The molecule has 1 atom stereocenters. The standard InChI is InChI=1S/C17H20N2O3/c1-11-16(18-12(2)22-11)17(20)19-9-5-8-15(19)13-6-4-7-14(10-13)21-3/h4,6-7,10,15H,5,8-9H2,1-3H3. The molecule has 0 N–H and O–H groups in total. The van der Waals surface area contributed by atoms with E-state index in [-0.39, 0.29) is 11.9 Å². The van der Waals surface area contributed by atoms with Crippen LogP contribution < -0.4 is 4.74 Å². The summed E-state index contributed by atoms with van der Waals surface area (Å²) < 4.78 is 10.7. The number of aryl methyl sites for hydroxylation is 2. The summed E-state index contributed by atoms with van der Waals surface area (Å²) in [5.74, 6) is 1.86. The van der Waals surface area contributed by atoms with Gasteiger partial charge < -0.3 is 14.1 Å². The first-order valence-electron chi connectivity index (χ1n) is 7.49. The van der Waals surface area contributed by atoms with E-state index in [4.69, 9.17) is 9.15 Å². The van der Waals surface area contributed by atoms with Crippen LogP contribution in [0.2, 0.25) is 0 Å². The second kappa shape index (κ2) is 5.83. The molecule has 5 heteroatoms. The maximum absolute atomic E-state index is 12.8. The van der Waals surface area contributed by atoms with Gasteiger partial charge in [0.2, 0.25) is 0 Å². The fraction of sp³-hybridized carbons (Fsp3) is 0.412. The van der Waals surface area contributed by atoms with Gasteiger partial charge in [0, 0.05) is 13.5 Å². The van der Waals surface area contributed by atoms with Gasteiger partial charge in [-0.2, -0.15) is 0 Å². The molecule has 0 saturated carbocycles. The van der Waals surface area contributed by atoms with Gasteiger partial charge in [-0.3, -0.25) is 4.79 Å². The van der Waals surface area contributed by atoms with Crippen molar-refractivity contribution in [2.45, 2.75) is 32.7 Å². The van der Waals surface area contributed by atoms with Gasteiger partial charge in [0.05, 0.1) is 13.2 Å². The third kappa shape index (κ3) is 2.58. The average molecular weight is 300 g/mol. The van der Waals surface area contributed by atoms with Crippen LogP contribution in [0, 0.1) is 13.8 Å². The van der Waals surface area contributed by atoms with E-state index in [1.807, 2.05) is 29.2 Å². The van der Waals surface area contributed by atoms with Crippen LogP contribution >= 0.6 is 0 Å². The lowest BCUT2D eigenvalue weighted by Crippen LogP contribution is -2.31. The first kappa shape index (κ1) is 14.6. The summed E-state index contributed by atoms with van der Waals surface area (Å²) in [6, 6.07) is 7.98. The molecule has 1 amide bonds. The van der Waals surface area contributed by atoms with Gasteiger partial charge in [-0.25, -0.2) is 4.98 Å². The number of nitrogens with zero attached hydrogens (tertiary/aromatic N) is 2. The Balaban J connectivity index is 1.89. The number of benzene rings is 1. The highest BCUT2D eigenvalue weighted by molar-refractivity contribution is 5.93. The minimum atomic E-state index is -0.0559. The predicted molar refractivity (Wildman–Crippen MR) is 82.0 cm³/mol. The summed E-state index contributed by atoms with van der Waals surface area (Å²) in [6.07, 6.45) is 1.94. The highest BCUT2D eigenvalue weighted by atomic mass is 16.5. The Labute approximate surface area is 129 Å². The van der Waals surface area contributed by atoms with Crippen LogP contribution in [-0.2, 0) is 0 Å². The van der Waals surface area contributed by atoms with E-state index in [1.54, 1.807) is 21.0 Å². The van der Waals surface area contributed by atoms with E-state index in [1.165, 1.54) is 0 Å². The summed E-state index contributed by atoms with van der Waals surface area (Å²) in [5, 5.41) is 0. The van der Waals surface area contributed by atoms with Crippen LogP contribution in [0.4, 0.5) is 0 Å². The Morgan fingerprint density at radius 1 is 1.41 bits per heavy atom. The molecule has 1 saturated heterocycles. The smallest absolute Gasteiger partial charge is 0.276 e. The monoisotopic (exact) mass is 300 g/mol. The van der Waals surface area contributed by atoms with E-state index < -0.39 is 0 Å². The molecule has 1 aliphatic rings. The SMILES string of the molecule is COc1cccc(C2CCCN2C(=O)c2nc(C)oc2C)c1. The summed E-state index contributed by atoms with van der Waals surface area (Å²) in [4.78, 5) is 18.9. The number of amides is 1. The molecule has 1 aromatic heterocycles. The highest BCUT2D eigenvalue weighted by Gasteiger charge is 2.33. The topological polar surface area (TPSA) is 55.6 Å². The lowest BCUT2D eigenvalue weighted by Gasteiger charge is -2.24. The Kier molecular flexibility index (Phi) is 3.88. The maximum atomic E-state index is 12.8. The first-order valence-corrected chi connectivity index (χ1v) is 7.49. The van der Waals surface area contributed by atoms with Crippen LogP contribution in [0.3, 0.4) is 0 Å².